The monoisotopic (exact) mass is 768 g/mol. The molecule has 0 saturated carbocycles. The molecule has 0 saturated heterocycles. The van der Waals surface area contributed by atoms with Gasteiger partial charge in [0.25, 0.3) is 21.6 Å². The molecule has 3 aromatic carbocycles. The maximum absolute atomic E-state index is 13.7. The van der Waals surface area contributed by atoms with Crippen LogP contribution in [0.4, 0.5) is 5.82 Å². The molecule has 0 bridgehead atoms. The summed E-state index contributed by atoms with van der Waals surface area (Å²) in [4.78, 5) is 47.8. The molecular weight excluding hydrogens is 729 g/mol. The van der Waals surface area contributed by atoms with Gasteiger partial charge in [-0.1, -0.05) is 35.9 Å². The first kappa shape index (κ1) is 39.8. The van der Waals surface area contributed by atoms with Gasteiger partial charge in [-0.2, -0.15) is 8.42 Å². The van der Waals surface area contributed by atoms with Crippen LogP contribution in [0.2, 0.25) is 0 Å². The van der Waals surface area contributed by atoms with E-state index in [1.807, 2.05) is 31.2 Å². The van der Waals surface area contributed by atoms with Crippen molar-refractivity contribution >= 4 is 38.7 Å². The minimum Gasteiger partial charge on any atom is -0.497 e. The van der Waals surface area contributed by atoms with Gasteiger partial charge in [-0.25, -0.2) is 9.67 Å². The molecule has 6 aromatic rings. The minimum absolute atomic E-state index is 0.0524. The van der Waals surface area contributed by atoms with Gasteiger partial charge < -0.3 is 24.8 Å². The number of nitrogens with zero attached hydrogens (tertiary/aromatic N) is 4. The number of pyridine rings is 2. The van der Waals surface area contributed by atoms with Crippen LogP contribution in [0.5, 0.6) is 17.2 Å². The predicted octanol–water partition coefficient (Wildman–Crippen LogP) is 5.34. The number of amides is 1. The normalized spacial score (nSPS) is 11.6. The lowest BCUT2D eigenvalue weighted by molar-refractivity contribution is -0.147. The van der Waals surface area contributed by atoms with Crippen LogP contribution in [0.15, 0.2) is 113 Å². The smallest absolute Gasteiger partial charge is 0.320 e. The summed E-state index contributed by atoms with van der Waals surface area (Å²) in [6.07, 6.45) is 2.55. The Balaban J connectivity index is 0.000000454. The van der Waals surface area contributed by atoms with E-state index in [0.29, 0.717) is 34.1 Å². The number of carbonyl (C=O) groups is 2. The summed E-state index contributed by atoms with van der Waals surface area (Å²) >= 11 is 0. The zero-order valence-electron chi connectivity index (χ0n) is 30.7. The van der Waals surface area contributed by atoms with Crippen LogP contribution < -0.4 is 25.7 Å². The summed E-state index contributed by atoms with van der Waals surface area (Å²) in [7, 11) is -0.778. The van der Waals surface area contributed by atoms with Crippen molar-refractivity contribution in [2.75, 3.05) is 26.0 Å². The number of aromatic nitrogens is 4. The zero-order chi connectivity index (χ0) is 39.7. The number of hydrogen-bond donors (Lipinski definition) is 3. The van der Waals surface area contributed by atoms with Crippen molar-refractivity contribution in [1.82, 2.24) is 24.6 Å². The van der Waals surface area contributed by atoms with Gasteiger partial charge in [-0.3, -0.25) is 28.6 Å². The Morgan fingerprint density at radius 1 is 0.927 bits per heavy atom. The Hall–Kier alpha value is -6.36. The number of methoxy groups -OCH3 is 1. The number of rotatable bonds is 12. The van der Waals surface area contributed by atoms with E-state index in [1.54, 1.807) is 93.5 Å². The van der Waals surface area contributed by atoms with Crippen molar-refractivity contribution in [1.29, 1.82) is 0 Å². The van der Waals surface area contributed by atoms with E-state index in [4.69, 9.17) is 18.8 Å². The number of anilines is 1. The van der Waals surface area contributed by atoms with Gasteiger partial charge in [0.05, 0.1) is 48.2 Å². The molecule has 15 nitrogen and oxygen atoms in total. The summed E-state index contributed by atoms with van der Waals surface area (Å²) in [5, 5.41) is 6.27. The Morgan fingerprint density at radius 3 is 2.27 bits per heavy atom. The molecule has 3 N–H and O–H groups in total. The van der Waals surface area contributed by atoms with Crippen LogP contribution in [0.3, 0.4) is 0 Å². The highest BCUT2D eigenvalue weighted by atomic mass is 32.2. The van der Waals surface area contributed by atoms with Gasteiger partial charge in [0.1, 0.15) is 34.7 Å². The van der Waals surface area contributed by atoms with Gasteiger partial charge >= 0.3 is 5.97 Å². The van der Waals surface area contributed by atoms with E-state index in [1.165, 1.54) is 23.0 Å². The summed E-state index contributed by atoms with van der Waals surface area (Å²) in [6.45, 7) is 5.45. The van der Waals surface area contributed by atoms with Crippen molar-refractivity contribution in [2.24, 2.45) is 0 Å². The van der Waals surface area contributed by atoms with E-state index >= 15 is 0 Å². The molecular formula is C39H40N6O9S. The molecule has 16 heteroatoms. The van der Waals surface area contributed by atoms with Gasteiger partial charge in [0.2, 0.25) is 0 Å². The number of fused-ring (bicyclic) bond motifs is 1. The van der Waals surface area contributed by atoms with Gasteiger partial charge in [0, 0.05) is 17.6 Å². The number of ether oxygens (including phenoxy) is 3. The summed E-state index contributed by atoms with van der Waals surface area (Å²) < 4.78 is 49.4. The van der Waals surface area contributed by atoms with Crippen LogP contribution in [0.1, 0.15) is 28.5 Å². The van der Waals surface area contributed by atoms with Crippen molar-refractivity contribution in [3.05, 3.63) is 131 Å². The second-order valence-corrected chi connectivity index (χ2v) is 13.7. The maximum atomic E-state index is 13.7. The maximum Gasteiger partial charge on any atom is 0.320 e. The SMILES string of the molecule is CNCC(=O)O[C@H](C)Cn1c(C)c(C(=O)Nc2ccc(Oc3ccnc4cc(OC)ccc34)cn2)c(=O)n1-c1ccccc1.Cc1ccc(S(=O)(=O)O)cc1. The predicted molar refractivity (Wildman–Crippen MR) is 206 cm³/mol. The van der Waals surface area contributed by atoms with Crippen LogP contribution in [0.25, 0.3) is 16.6 Å². The topological polar surface area (TPSA) is 193 Å². The molecule has 0 spiro atoms. The van der Waals surface area contributed by atoms with Gasteiger partial charge in [0.15, 0.2) is 0 Å². The molecule has 0 fully saturated rings. The van der Waals surface area contributed by atoms with Crippen LogP contribution in [-0.4, -0.2) is 71.0 Å². The van der Waals surface area contributed by atoms with Crippen LogP contribution >= 0.6 is 0 Å². The summed E-state index contributed by atoms with van der Waals surface area (Å²) in [5.41, 5.74) is 2.08. The van der Waals surface area contributed by atoms with E-state index in [0.717, 1.165) is 10.9 Å². The number of likely N-dealkylation sites (N-methyl/N-ethyl adjacent to an activating group) is 1. The zero-order valence-corrected chi connectivity index (χ0v) is 31.5. The lowest BCUT2D eigenvalue weighted by Crippen LogP contribution is -2.30. The highest BCUT2D eigenvalue weighted by molar-refractivity contribution is 7.85. The standard InChI is InChI=1S/C32H32N6O6.C7H8O3S/c1-20(43-29(39)18-33-3)19-37-21(2)30(32(41)38(37)22-8-6-5-7-9-22)31(40)36-28-13-11-24(17-35-28)44-27-14-15-34-26-16-23(42-4)10-12-25(26)27;1-6-2-4-7(5-3-6)11(8,9)10/h5-17,20,33H,18-19H2,1-4H3,(H,35,36,40);2-5H,1H3,(H,8,9,10)/t20-;/m1./s1. The average Bonchev–Trinajstić information content (AvgIpc) is 3.40. The van der Waals surface area contributed by atoms with Crippen molar-refractivity contribution in [2.45, 2.75) is 38.3 Å². The largest absolute Gasteiger partial charge is 0.497 e. The van der Waals surface area contributed by atoms with Gasteiger partial charge in [-0.15, -0.1) is 0 Å². The summed E-state index contributed by atoms with van der Waals surface area (Å²) in [6, 6.07) is 25.4. The quantitative estimate of drug-likeness (QED) is 0.107. The molecule has 1 atom stereocenters. The second-order valence-electron chi connectivity index (χ2n) is 12.2. The number of aryl methyl sites for hydroxylation is 1. The van der Waals surface area contributed by atoms with Crippen molar-refractivity contribution in [3.63, 3.8) is 0 Å². The number of nitrogens with one attached hydrogen (secondary N) is 2. The average molecular weight is 769 g/mol. The molecule has 3 heterocycles. The summed E-state index contributed by atoms with van der Waals surface area (Å²) in [5.74, 6) is 0.909. The third-order valence-electron chi connectivity index (χ3n) is 8.14. The van der Waals surface area contributed by atoms with E-state index < -0.39 is 33.7 Å². The number of hydrogen-bond acceptors (Lipinski definition) is 11. The van der Waals surface area contributed by atoms with Crippen LogP contribution in [-0.2, 0) is 26.2 Å². The molecule has 6 rings (SSSR count). The number of benzene rings is 3. The Bertz CT molecular complexity index is 2450. The molecule has 0 aliphatic carbocycles. The molecule has 55 heavy (non-hydrogen) atoms. The fourth-order valence-corrected chi connectivity index (χ4v) is 5.97. The van der Waals surface area contributed by atoms with Crippen molar-refractivity contribution in [3.8, 4) is 22.9 Å². The van der Waals surface area contributed by atoms with E-state index in [-0.39, 0.29) is 29.4 Å². The first-order chi connectivity index (χ1) is 26.3. The third kappa shape index (κ3) is 10.00. The Labute approximate surface area is 317 Å². The molecule has 0 aliphatic heterocycles. The van der Waals surface area contributed by atoms with E-state index in [2.05, 4.69) is 20.6 Å². The molecule has 1 amide bonds. The number of carbonyl (C=O) groups excluding carboxylic acids is 2. The van der Waals surface area contributed by atoms with E-state index in [9.17, 15) is 22.8 Å². The van der Waals surface area contributed by atoms with Crippen LogP contribution in [0, 0.1) is 13.8 Å². The molecule has 0 aliphatic rings. The van der Waals surface area contributed by atoms with Crippen molar-refractivity contribution < 1.29 is 36.8 Å². The Morgan fingerprint density at radius 2 is 1.64 bits per heavy atom. The number of esters is 1. The highest BCUT2D eigenvalue weighted by Crippen LogP contribution is 2.31. The highest BCUT2D eigenvalue weighted by Gasteiger charge is 2.26. The minimum atomic E-state index is -4.02. The fraction of sp³-hybridized carbons (Fsp3) is 0.205. The Kier molecular flexibility index (Phi) is 12.8. The lowest BCUT2D eigenvalue weighted by atomic mass is 10.2. The fourth-order valence-electron chi connectivity index (χ4n) is 5.49. The number of para-hydroxylation sites is 1. The molecule has 286 valence electrons. The first-order valence-electron chi connectivity index (χ1n) is 16.9. The molecule has 0 unspecified atom stereocenters. The van der Waals surface area contributed by atoms with Gasteiger partial charge in [-0.05, 0) is 82.4 Å². The second kappa shape index (κ2) is 17.6. The third-order valence-corrected chi connectivity index (χ3v) is 9.01. The molecule has 3 aromatic heterocycles. The lowest BCUT2D eigenvalue weighted by Gasteiger charge is -2.18. The first-order valence-corrected chi connectivity index (χ1v) is 18.4. The molecule has 0 radical (unpaired) electrons.